The Morgan fingerprint density at radius 3 is 2.94 bits per heavy atom. The summed E-state index contributed by atoms with van der Waals surface area (Å²) in [4.78, 5) is 14.3. The second kappa shape index (κ2) is 10.3. The maximum Gasteiger partial charge on any atom is 0.284 e. The zero-order chi connectivity index (χ0) is 23.3. The number of rotatable bonds is 7. The molecule has 11 heteroatoms. The average Bonchev–Trinajstić information content (AvgIpc) is 3.45. The highest BCUT2D eigenvalue weighted by Crippen LogP contribution is 2.22. The number of anilines is 1. The molecule has 4 rings (SSSR count). The van der Waals surface area contributed by atoms with Gasteiger partial charge in [0.1, 0.15) is 5.84 Å². The lowest BCUT2D eigenvalue weighted by Crippen LogP contribution is -2.26. The zero-order valence-electron chi connectivity index (χ0n) is 18.2. The Kier molecular flexibility index (Phi) is 7.19. The number of likely N-dealkylation sites (tertiary alicyclic amines) is 1. The Hall–Kier alpha value is -3.05. The fraction of sp³-hybridized carbons (Fsp3) is 0.364. The molecule has 1 fully saturated rings. The number of sulfonamides is 1. The third-order valence-electron chi connectivity index (χ3n) is 5.28. The van der Waals surface area contributed by atoms with Crippen LogP contribution in [-0.4, -0.2) is 48.9 Å². The molecule has 0 radical (unpaired) electrons. The molecule has 2 aromatic heterocycles. The Morgan fingerprint density at radius 2 is 2.12 bits per heavy atom. The third kappa shape index (κ3) is 6.05. The topological polar surface area (TPSA) is 118 Å². The minimum atomic E-state index is -3.88. The average molecular weight is 488 g/mol. The lowest BCUT2D eigenvalue weighted by molar-refractivity contribution is -0.116. The molecule has 1 amide bonds. The Morgan fingerprint density at radius 1 is 1.24 bits per heavy atom. The van der Waals surface area contributed by atoms with Crippen LogP contribution in [0.25, 0.3) is 11.5 Å². The van der Waals surface area contributed by atoms with E-state index in [1.165, 1.54) is 23.5 Å². The van der Waals surface area contributed by atoms with E-state index in [9.17, 15) is 13.2 Å². The van der Waals surface area contributed by atoms with E-state index in [1.54, 1.807) is 12.1 Å². The van der Waals surface area contributed by atoms with Crippen LogP contribution in [0.4, 0.5) is 5.69 Å². The predicted molar refractivity (Wildman–Crippen MR) is 127 cm³/mol. The van der Waals surface area contributed by atoms with Crippen molar-refractivity contribution in [1.82, 2.24) is 15.1 Å². The Balaban J connectivity index is 1.38. The number of amides is 1. The summed E-state index contributed by atoms with van der Waals surface area (Å²) in [6, 6.07) is 8.02. The molecule has 1 N–H and O–H groups in total. The first-order chi connectivity index (χ1) is 15.9. The Labute approximate surface area is 196 Å². The highest BCUT2D eigenvalue weighted by molar-refractivity contribution is 7.90. The summed E-state index contributed by atoms with van der Waals surface area (Å²) in [7, 11) is -2.01. The van der Waals surface area contributed by atoms with Gasteiger partial charge in [0.15, 0.2) is 0 Å². The lowest BCUT2D eigenvalue weighted by Gasteiger charge is -2.17. The number of aryl methyl sites for hydroxylation is 1. The van der Waals surface area contributed by atoms with Crippen LogP contribution >= 0.6 is 11.3 Å². The number of thiophene rings is 1. The van der Waals surface area contributed by atoms with E-state index in [0.717, 1.165) is 31.4 Å². The number of carbonyl (C=O) groups is 1. The molecule has 0 bridgehead atoms. The van der Waals surface area contributed by atoms with Crippen molar-refractivity contribution in [2.24, 2.45) is 4.40 Å². The van der Waals surface area contributed by atoms with E-state index in [4.69, 9.17) is 4.42 Å². The van der Waals surface area contributed by atoms with Gasteiger partial charge in [0.2, 0.25) is 17.7 Å². The molecule has 1 aliphatic rings. The molecule has 0 unspecified atom stereocenters. The molecule has 33 heavy (non-hydrogen) atoms. The summed E-state index contributed by atoms with van der Waals surface area (Å²) in [6.07, 6.45) is 4.04. The molecule has 0 aliphatic carbocycles. The summed E-state index contributed by atoms with van der Waals surface area (Å²) in [6.45, 7) is 0.791. The smallest absolute Gasteiger partial charge is 0.284 e. The first-order valence-electron chi connectivity index (χ1n) is 10.7. The number of hydrogen-bond acceptors (Lipinski definition) is 7. The molecule has 3 heterocycles. The zero-order valence-corrected chi connectivity index (χ0v) is 19.9. The molecule has 1 aromatic carbocycles. The van der Waals surface area contributed by atoms with Crippen LogP contribution < -0.4 is 5.32 Å². The maximum absolute atomic E-state index is 12.9. The van der Waals surface area contributed by atoms with Crippen molar-refractivity contribution in [2.45, 2.75) is 43.4 Å². The molecule has 1 aliphatic heterocycles. The molecule has 0 atom stereocenters. The molecular formula is C22H25N5O4S2. The number of nitrogens with zero attached hydrogens (tertiary/aromatic N) is 4. The lowest BCUT2D eigenvalue weighted by atomic mass is 10.2. The molecule has 1 saturated heterocycles. The van der Waals surface area contributed by atoms with Crippen molar-refractivity contribution in [2.75, 3.05) is 18.9 Å². The van der Waals surface area contributed by atoms with Gasteiger partial charge in [-0.05, 0) is 42.5 Å². The van der Waals surface area contributed by atoms with Gasteiger partial charge in [0, 0.05) is 49.5 Å². The molecule has 174 valence electrons. The van der Waals surface area contributed by atoms with E-state index in [2.05, 4.69) is 19.9 Å². The summed E-state index contributed by atoms with van der Waals surface area (Å²) >= 11 is 1.53. The first kappa shape index (κ1) is 23.1. The molecule has 0 spiro atoms. The fourth-order valence-electron chi connectivity index (χ4n) is 3.47. The summed E-state index contributed by atoms with van der Waals surface area (Å²) in [5, 5.41) is 14.5. The van der Waals surface area contributed by atoms with Gasteiger partial charge in [-0.15, -0.1) is 14.6 Å². The molecular weight excluding hydrogens is 462 g/mol. The predicted octanol–water partition coefficient (Wildman–Crippen LogP) is 3.96. The van der Waals surface area contributed by atoms with E-state index < -0.39 is 10.0 Å². The second-order valence-electron chi connectivity index (χ2n) is 7.80. The van der Waals surface area contributed by atoms with Gasteiger partial charge in [-0.25, -0.2) is 0 Å². The van der Waals surface area contributed by atoms with Crippen molar-refractivity contribution < 1.29 is 17.6 Å². The van der Waals surface area contributed by atoms with Gasteiger partial charge < -0.3 is 14.6 Å². The monoisotopic (exact) mass is 487 g/mol. The van der Waals surface area contributed by atoms with Crippen molar-refractivity contribution in [1.29, 1.82) is 0 Å². The number of nitrogens with one attached hydrogen (secondary N) is 1. The number of carbonyl (C=O) groups excluding carboxylic acids is 1. The van der Waals surface area contributed by atoms with E-state index in [1.807, 2.05) is 28.8 Å². The first-order valence-corrected chi connectivity index (χ1v) is 13.1. The third-order valence-corrected chi connectivity index (χ3v) is 7.26. The Bertz CT molecular complexity index is 1240. The quantitative estimate of drug-likeness (QED) is 0.536. The van der Waals surface area contributed by atoms with Crippen LogP contribution in [0.3, 0.4) is 0 Å². The van der Waals surface area contributed by atoms with Crippen LogP contribution in [-0.2, 0) is 21.2 Å². The van der Waals surface area contributed by atoms with Gasteiger partial charge in [-0.1, -0.05) is 12.5 Å². The highest BCUT2D eigenvalue weighted by atomic mass is 32.2. The van der Waals surface area contributed by atoms with Gasteiger partial charge in [0.05, 0.1) is 4.90 Å². The molecule has 9 nitrogen and oxygen atoms in total. The largest absolute Gasteiger partial charge is 0.421 e. The van der Waals surface area contributed by atoms with Crippen LogP contribution in [0, 0.1) is 0 Å². The van der Waals surface area contributed by atoms with E-state index in [0.29, 0.717) is 29.7 Å². The number of benzene rings is 1. The van der Waals surface area contributed by atoms with Gasteiger partial charge in [-0.2, -0.15) is 19.8 Å². The van der Waals surface area contributed by atoms with E-state index >= 15 is 0 Å². The van der Waals surface area contributed by atoms with Gasteiger partial charge >= 0.3 is 0 Å². The number of amidine groups is 1. The van der Waals surface area contributed by atoms with Crippen LogP contribution in [0.15, 0.2) is 54.8 Å². The second-order valence-corrected chi connectivity index (χ2v) is 10.2. The van der Waals surface area contributed by atoms with Gasteiger partial charge in [0.25, 0.3) is 10.0 Å². The number of aromatic nitrogens is 2. The van der Waals surface area contributed by atoms with Crippen molar-refractivity contribution in [3.05, 3.63) is 47.0 Å². The van der Waals surface area contributed by atoms with Crippen molar-refractivity contribution >= 4 is 38.8 Å². The minimum Gasteiger partial charge on any atom is -0.421 e. The highest BCUT2D eigenvalue weighted by Gasteiger charge is 2.19. The number of hydrogen-bond donors (Lipinski definition) is 1. The van der Waals surface area contributed by atoms with Gasteiger partial charge in [-0.3, -0.25) is 4.79 Å². The summed E-state index contributed by atoms with van der Waals surface area (Å²) < 4.78 is 35.4. The molecule has 0 saturated carbocycles. The standard InChI is InChI=1S/C22H25N5O4S2/c1-27-12-4-2-3-8-19(27)26-33(29,30)18-7-5-6-17(14-18)23-20(28)9-10-21-24-25-22(31-21)16-11-13-32-15-16/h5-7,11,13-15H,2-4,8-10,12H2,1H3,(H,23,28)/b26-19+. The van der Waals surface area contributed by atoms with Crippen LogP contribution in [0.5, 0.6) is 0 Å². The maximum atomic E-state index is 12.9. The van der Waals surface area contributed by atoms with Crippen molar-refractivity contribution in [3.8, 4) is 11.5 Å². The SMILES string of the molecule is CN1CCCCC/C1=N\S(=O)(=O)c1cccc(NC(=O)CCc2nnc(-c3ccsc3)o2)c1. The van der Waals surface area contributed by atoms with E-state index in [-0.39, 0.29) is 23.6 Å². The van der Waals surface area contributed by atoms with Crippen LogP contribution in [0.1, 0.15) is 38.0 Å². The summed E-state index contributed by atoms with van der Waals surface area (Å²) in [5.41, 5.74) is 1.24. The normalized spacial score (nSPS) is 16.0. The molecule has 3 aromatic rings. The van der Waals surface area contributed by atoms with Crippen molar-refractivity contribution in [3.63, 3.8) is 0 Å². The summed E-state index contributed by atoms with van der Waals surface area (Å²) in [5.74, 6) is 1.08. The fourth-order valence-corrected chi connectivity index (χ4v) is 5.24. The van der Waals surface area contributed by atoms with Crippen LogP contribution in [0.2, 0.25) is 0 Å². The minimum absolute atomic E-state index is 0.0442.